The lowest BCUT2D eigenvalue weighted by atomic mass is 10.1. The molecule has 0 unspecified atom stereocenters. The van der Waals surface area contributed by atoms with Gasteiger partial charge in [-0.1, -0.05) is 0 Å². The lowest BCUT2D eigenvalue weighted by Crippen LogP contribution is -2.43. The fraction of sp³-hybridized carbons (Fsp3) is 0.875. The number of β-amino-alcohol motifs (C(OH)–C–C–N with tert-alkyl or cyclic N) is 1. The van der Waals surface area contributed by atoms with Crippen molar-refractivity contribution in [2.75, 3.05) is 20.1 Å². The van der Waals surface area contributed by atoms with E-state index in [-0.39, 0.29) is 11.9 Å². The van der Waals surface area contributed by atoms with Gasteiger partial charge in [0.25, 0.3) is 0 Å². The fourth-order valence-corrected chi connectivity index (χ4v) is 1.58. The normalized spacial score (nSPS) is 34.9. The highest BCUT2D eigenvalue weighted by atomic mass is 16.3. The SMILES string of the molecule is CC(=O)NC[C@@H]1[C@@H](O)[C@@H](O)CN1C. The second-order valence-corrected chi connectivity index (χ2v) is 3.50. The molecule has 1 aliphatic rings. The first kappa shape index (κ1) is 10.4. The first-order valence-corrected chi connectivity index (χ1v) is 4.33. The lowest BCUT2D eigenvalue weighted by molar-refractivity contribution is -0.119. The Bertz CT molecular complexity index is 198. The van der Waals surface area contributed by atoms with E-state index in [0.29, 0.717) is 13.1 Å². The molecule has 5 heteroatoms. The summed E-state index contributed by atoms with van der Waals surface area (Å²) in [5.41, 5.74) is 0. The van der Waals surface area contributed by atoms with Gasteiger partial charge in [0.1, 0.15) is 0 Å². The Morgan fingerprint density at radius 3 is 2.62 bits per heavy atom. The number of likely N-dealkylation sites (N-methyl/N-ethyl adjacent to an activating group) is 1. The Hall–Kier alpha value is -0.650. The largest absolute Gasteiger partial charge is 0.389 e. The van der Waals surface area contributed by atoms with Crippen LogP contribution < -0.4 is 5.32 Å². The van der Waals surface area contributed by atoms with Crippen molar-refractivity contribution in [2.24, 2.45) is 0 Å². The first-order valence-electron chi connectivity index (χ1n) is 4.33. The van der Waals surface area contributed by atoms with Gasteiger partial charge in [-0.15, -0.1) is 0 Å². The van der Waals surface area contributed by atoms with Gasteiger partial charge in [0.2, 0.25) is 5.91 Å². The molecule has 0 aromatic carbocycles. The maximum absolute atomic E-state index is 10.6. The van der Waals surface area contributed by atoms with Gasteiger partial charge in [0.05, 0.1) is 18.2 Å². The van der Waals surface area contributed by atoms with Crippen LogP contribution in [0.1, 0.15) is 6.92 Å². The maximum atomic E-state index is 10.6. The third-order valence-corrected chi connectivity index (χ3v) is 2.39. The summed E-state index contributed by atoms with van der Waals surface area (Å²) in [5, 5.41) is 21.4. The molecule has 0 saturated carbocycles. The van der Waals surface area contributed by atoms with Crippen molar-refractivity contribution in [3.63, 3.8) is 0 Å². The van der Waals surface area contributed by atoms with Crippen LogP contribution in [0.4, 0.5) is 0 Å². The molecule has 1 amide bonds. The summed E-state index contributed by atoms with van der Waals surface area (Å²) in [6, 6.07) is -0.182. The summed E-state index contributed by atoms with van der Waals surface area (Å²) < 4.78 is 0. The predicted octanol–water partition coefficient (Wildman–Crippen LogP) is -1.84. The zero-order valence-corrected chi connectivity index (χ0v) is 7.90. The van der Waals surface area contributed by atoms with Crippen LogP contribution in [-0.2, 0) is 4.79 Å². The van der Waals surface area contributed by atoms with Crippen LogP contribution in [0.5, 0.6) is 0 Å². The number of likely N-dealkylation sites (tertiary alicyclic amines) is 1. The number of aliphatic hydroxyl groups is 2. The molecule has 3 N–H and O–H groups in total. The Balaban J connectivity index is 2.44. The van der Waals surface area contributed by atoms with Gasteiger partial charge in [-0.2, -0.15) is 0 Å². The van der Waals surface area contributed by atoms with E-state index in [9.17, 15) is 15.0 Å². The van der Waals surface area contributed by atoms with Gasteiger partial charge >= 0.3 is 0 Å². The van der Waals surface area contributed by atoms with E-state index < -0.39 is 12.2 Å². The van der Waals surface area contributed by atoms with Crippen LogP contribution in [0.3, 0.4) is 0 Å². The zero-order chi connectivity index (χ0) is 10.0. The molecule has 1 saturated heterocycles. The number of hydrogen-bond acceptors (Lipinski definition) is 4. The zero-order valence-electron chi connectivity index (χ0n) is 7.90. The molecule has 0 aromatic rings. The molecular weight excluding hydrogens is 172 g/mol. The highest BCUT2D eigenvalue weighted by molar-refractivity contribution is 5.72. The summed E-state index contributed by atoms with van der Waals surface area (Å²) in [4.78, 5) is 12.5. The monoisotopic (exact) mass is 188 g/mol. The number of carbonyl (C=O) groups is 1. The highest BCUT2D eigenvalue weighted by Gasteiger charge is 2.37. The number of rotatable bonds is 2. The standard InChI is InChI=1S/C8H16N2O3/c1-5(11)9-3-6-8(13)7(12)4-10(6)2/h6-8,12-13H,3-4H2,1-2H3,(H,9,11)/t6-,7+,8-/m1/s1. The Labute approximate surface area is 77.3 Å². The molecule has 0 aliphatic carbocycles. The molecule has 1 heterocycles. The third kappa shape index (κ3) is 2.40. The number of aliphatic hydroxyl groups excluding tert-OH is 2. The van der Waals surface area contributed by atoms with Crippen LogP contribution >= 0.6 is 0 Å². The van der Waals surface area contributed by atoms with Crippen molar-refractivity contribution in [1.82, 2.24) is 10.2 Å². The number of nitrogens with zero attached hydrogens (tertiary/aromatic N) is 1. The van der Waals surface area contributed by atoms with Crippen molar-refractivity contribution in [3.05, 3.63) is 0 Å². The summed E-state index contributed by atoms with van der Waals surface area (Å²) >= 11 is 0. The third-order valence-electron chi connectivity index (χ3n) is 2.39. The van der Waals surface area contributed by atoms with E-state index in [4.69, 9.17) is 0 Å². The highest BCUT2D eigenvalue weighted by Crippen LogP contribution is 2.15. The summed E-state index contributed by atoms with van der Waals surface area (Å²) in [6.45, 7) is 2.26. The molecular formula is C8H16N2O3. The molecule has 5 nitrogen and oxygen atoms in total. The van der Waals surface area contributed by atoms with Crippen molar-refractivity contribution < 1.29 is 15.0 Å². The Morgan fingerprint density at radius 1 is 1.62 bits per heavy atom. The average molecular weight is 188 g/mol. The topological polar surface area (TPSA) is 72.8 Å². The minimum atomic E-state index is -0.767. The number of carbonyl (C=O) groups excluding carboxylic acids is 1. The van der Waals surface area contributed by atoms with E-state index in [1.807, 2.05) is 11.9 Å². The molecule has 13 heavy (non-hydrogen) atoms. The Kier molecular flexibility index (Phi) is 3.24. The molecule has 0 bridgehead atoms. The molecule has 0 aromatic heterocycles. The van der Waals surface area contributed by atoms with Crippen LogP contribution in [0.25, 0.3) is 0 Å². The quantitative estimate of drug-likeness (QED) is 0.476. The molecule has 0 spiro atoms. The Morgan fingerprint density at radius 2 is 2.23 bits per heavy atom. The molecule has 1 fully saturated rings. The van der Waals surface area contributed by atoms with Gasteiger partial charge in [0.15, 0.2) is 0 Å². The number of hydrogen-bond donors (Lipinski definition) is 3. The second kappa shape index (κ2) is 4.04. The van der Waals surface area contributed by atoms with Gasteiger partial charge in [-0.3, -0.25) is 9.69 Å². The molecule has 1 aliphatic heterocycles. The fourth-order valence-electron chi connectivity index (χ4n) is 1.58. The van der Waals surface area contributed by atoms with Crippen LogP contribution in [0.2, 0.25) is 0 Å². The van der Waals surface area contributed by atoms with Crippen molar-refractivity contribution in [2.45, 2.75) is 25.2 Å². The maximum Gasteiger partial charge on any atom is 0.216 e. The van der Waals surface area contributed by atoms with E-state index in [1.165, 1.54) is 6.92 Å². The summed E-state index contributed by atoms with van der Waals surface area (Å²) in [6.07, 6.45) is -1.47. The average Bonchev–Trinajstić information content (AvgIpc) is 2.24. The number of nitrogens with one attached hydrogen (secondary N) is 1. The van der Waals surface area contributed by atoms with E-state index in [2.05, 4.69) is 5.32 Å². The van der Waals surface area contributed by atoms with Gasteiger partial charge in [0, 0.05) is 20.0 Å². The predicted molar refractivity (Wildman–Crippen MR) is 47.1 cm³/mol. The van der Waals surface area contributed by atoms with Crippen molar-refractivity contribution >= 4 is 5.91 Å². The van der Waals surface area contributed by atoms with Gasteiger partial charge < -0.3 is 15.5 Å². The second-order valence-electron chi connectivity index (χ2n) is 3.50. The smallest absolute Gasteiger partial charge is 0.216 e. The van der Waals surface area contributed by atoms with Crippen molar-refractivity contribution in [3.8, 4) is 0 Å². The van der Waals surface area contributed by atoms with Crippen LogP contribution in [0.15, 0.2) is 0 Å². The van der Waals surface area contributed by atoms with Crippen molar-refractivity contribution in [1.29, 1.82) is 0 Å². The van der Waals surface area contributed by atoms with Crippen LogP contribution in [-0.4, -0.2) is 59.4 Å². The van der Waals surface area contributed by atoms with Gasteiger partial charge in [-0.05, 0) is 7.05 Å². The minimum absolute atomic E-state index is 0.123. The van der Waals surface area contributed by atoms with E-state index >= 15 is 0 Å². The van der Waals surface area contributed by atoms with Gasteiger partial charge in [-0.25, -0.2) is 0 Å². The first-order chi connectivity index (χ1) is 6.02. The van der Waals surface area contributed by atoms with E-state index in [0.717, 1.165) is 0 Å². The summed E-state index contributed by atoms with van der Waals surface area (Å²) in [5.74, 6) is -0.123. The lowest BCUT2D eigenvalue weighted by Gasteiger charge is -2.21. The van der Waals surface area contributed by atoms with E-state index in [1.54, 1.807) is 0 Å². The molecule has 76 valence electrons. The molecule has 3 atom stereocenters. The number of amides is 1. The minimum Gasteiger partial charge on any atom is -0.389 e. The summed E-state index contributed by atoms with van der Waals surface area (Å²) in [7, 11) is 1.81. The molecule has 1 rings (SSSR count). The van der Waals surface area contributed by atoms with Crippen LogP contribution in [0, 0.1) is 0 Å². The molecule has 0 radical (unpaired) electrons.